The van der Waals surface area contributed by atoms with E-state index in [2.05, 4.69) is 6.07 Å². The lowest BCUT2D eigenvalue weighted by atomic mass is 10.1. The molecular weight excluding hydrogens is 254 g/mol. The third-order valence-electron chi connectivity index (χ3n) is 2.97. The molecule has 0 aromatic heterocycles. The van der Waals surface area contributed by atoms with Crippen molar-refractivity contribution >= 4 is 11.9 Å². The first-order valence-corrected chi connectivity index (χ1v) is 6.93. The van der Waals surface area contributed by atoms with Gasteiger partial charge in [-0.15, -0.1) is 0 Å². The van der Waals surface area contributed by atoms with Crippen molar-refractivity contribution < 1.29 is 14.7 Å². The highest BCUT2D eigenvalue weighted by atomic mass is 16.4. The molecule has 0 bridgehead atoms. The monoisotopic (exact) mass is 277 g/mol. The van der Waals surface area contributed by atoms with E-state index in [1.165, 1.54) is 10.5 Å². The number of benzene rings is 1. The van der Waals surface area contributed by atoms with E-state index in [0.717, 1.165) is 5.56 Å². The zero-order chi connectivity index (χ0) is 15.1. The zero-order valence-electron chi connectivity index (χ0n) is 12.4. The molecule has 1 aromatic carbocycles. The molecule has 0 aliphatic heterocycles. The molecule has 0 unspecified atom stereocenters. The molecule has 0 aliphatic rings. The van der Waals surface area contributed by atoms with Crippen LogP contribution in [-0.4, -0.2) is 35.0 Å². The van der Waals surface area contributed by atoms with E-state index in [9.17, 15) is 9.59 Å². The largest absolute Gasteiger partial charge is 0.480 e. The number of nitrogens with zero attached hydrogens (tertiary/aromatic N) is 1. The number of carbonyl (C=O) groups excluding carboxylic acids is 1. The van der Waals surface area contributed by atoms with Crippen molar-refractivity contribution in [2.75, 3.05) is 13.1 Å². The van der Waals surface area contributed by atoms with Crippen molar-refractivity contribution in [1.82, 2.24) is 4.90 Å². The highest BCUT2D eigenvalue weighted by molar-refractivity contribution is 5.81. The fourth-order valence-electron chi connectivity index (χ4n) is 2.14. The fourth-order valence-corrected chi connectivity index (χ4v) is 2.14. The Hall–Kier alpha value is -1.84. The number of hydrogen-bond donors (Lipinski definition) is 1. The second-order valence-electron chi connectivity index (χ2n) is 5.55. The first-order valence-electron chi connectivity index (χ1n) is 6.93. The lowest BCUT2D eigenvalue weighted by Gasteiger charge is -2.22. The first kappa shape index (κ1) is 16.2. The predicted molar refractivity (Wildman–Crippen MR) is 78.6 cm³/mol. The van der Waals surface area contributed by atoms with Crippen molar-refractivity contribution in [2.24, 2.45) is 5.92 Å². The van der Waals surface area contributed by atoms with Gasteiger partial charge in [0.1, 0.15) is 6.54 Å². The Kier molecular flexibility index (Phi) is 6.22. The number of amides is 1. The minimum absolute atomic E-state index is 0.0948. The zero-order valence-corrected chi connectivity index (χ0v) is 12.4. The molecule has 1 aromatic rings. The molecule has 4 heteroatoms. The summed E-state index contributed by atoms with van der Waals surface area (Å²) in [4.78, 5) is 24.4. The molecule has 0 fully saturated rings. The van der Waals surface area contributed by atoms with Gasteiger partial charge >= 0.3 is 5.97 Å². The Labute approximate surface area is 120 Å². The second-order valence-corrected chi connectivity index (χ2v) is 5.55. The quantitative estimate of drug-likeness (QED) is 0.833. The summed E-state index contributed by atoms with van der Waals surface area (Å²) < 4.78 is 0. The van der Waals surface area contributed by atoms with Crippen LogP contribution in [0.4, 0.5) is 0 Å². The van der Waals surface area contributed by atoms with Gasteiger partial charge in [0.25, 0.3) is 0 Å². The van der Waals surface area contributed by atoms with Gasteiger partial charge in [-0.05, 0) is 24.8 Å². The van der Waals surface area contributed by atoms with Crippen LogP contribution >= 0.6 is 0 Å². The fraction of sp³-hybridized carbons (Fsp3) is 0.500. The molecule has 1 N–H and O–H groups in total. The molecule has 0 aliphatic carbocycles. The number of aryl methyl sites for hydroxylation is 2. The first-order chi connectivity index (χ1) is 9.38. The summed E-state index contributed by atoms with van der Waals surface area (Å²) >= 11 is 0. The minimum atomic E-state index is -0.963. The second kappa shape index (κ2) is 7.68. The van der Waals surface area contributed by atoms with Crippen molar-refractivity contribution in [2.45, 2.75) is 33.6 Å². The summed E-state index contributed by atoms with van der Waals surface area (Å²) in [7, 11) is 0. The average Bonchev–Trinajstić information content (AvgIpc) is 2.34. The van der Waals surface area contributed by atoms with Crippen LogP contribution in [0.2, 0.25) is 0 Å². The van der Waals surface area contributed by atoms with Crippen LogP contribution in [0, 0.1) is 12.8 Å². The molecule has 4 nitrogen and oxygen atoms in total. The maximum Gasteiger partial charge on any atom is 0.323 e. The molecule has 0 saturated carbocycles. The molecule has 20 heavy (non-hydrogen) atoms. The average molecular weight is 277 g/mol. The molecule has 0 atom stereocenters. The van der Waals surface area contributed by atoms with Gasteiger partial charge in [0, 0.05) is 13.0 Å². The van der Waals surface area contributed by atoms with Gasteiger partial charge in [0.15, 0.2) is 0 Å². The summed E-state index contributed by atoms with van der Waals surface area (Å²) in [6.07, 6.45) is 0.998. The number of hydrogen-bond acceptors (Lipinski definition) is 2. The van der Waals surface area contributed by atoms with Crippen LogP contribution in [0.25, 0.3) is 0 Å². The van der Waals surface area contributed by atoms with Crippen LogP contribution < -0.4 is 0 Å². The topological polar surface area (TPSA) is 57.6 Å². The summed E-state index contributed by atoms with van der Waals surface area (Å²) in [6, 6.07) is 8.03. The molecule has 0 saturated heterocycles. The Morgan fingerprint density at radius 1 is 1.30 bits per heavy atom. The van der Waals surface area contributed by atoms with Crippen molar-refractivity contribution in [3.05, 3.63) is 35.4 Å². The SMILES string of the molecule is Cc1cccc(CCC(=O)N(CC(=O)O)CC(C)C)c1. The van der Waals surface area contributed by atoms with E-state index in [-0.39, 0.29) is 18.4 Å². The molecule has 110 valence electrons. The molecule has 0 heterocycles. The van der Waals surface area contributed by atoms with Gasteiger partial charge in [-0.2, -0.15) is 0 Å². The molecule has 1 amide bonds. The third-order valence-corrected chi connectivity index (χ3v) is 2.97. The van der Waals surface area contributed by atoms with Gasteiger partial charge in [-0.1, -0.05) is 43.7 Å². The van der Waals surface area contributed by atoms with Gasteiger partial charge in [0.05, 0.1) is 0 Å². The number of carbonyl (C=O) groups is 2. The number of carboxylic acids is 1. The van der Waals surface area contributed by atoms with E-state index >= 15 is 0 Å². The van der Waals surface area contributed by atoms with Crippen molar-refractivity contribution in [3.63, 3.8) is 0 Å². The van der Waals surface area contributed by atoms with Gasteiger partial charge < -0.3 is 10.0 Å². The third kappa shape index (κ3) is 5.87. The van der Waals surface area contributed by atoms with E-state index < -0.39 is 5.97 Å². The summed E-state index contributed by atoms with van der Waals surface area (Å²) in [5.74, 6) is -0.797. The number of aliphatic carboxylic acids is 1. The van der Waals surface area contributed by atoms with Crippen LogP contribution in [0.3, 0.4) is 0 Å². The van der Waals surface area contributed by atoms with Gasteiger partial charge in [-0.25, -0.2) is 0 Å². The van der Waals surface area contributed by atoms with Crippen LogP contribution in [0.1, 0.15) is 31.4 Å². The Morgan fingerprint density at radius 2 is 2.00 bits per heavy atom. The van der Waals surface area contributed by atoms with Crippen molar-refractivity contribution in [3.8, 4) is 0 Å². The van der Waals surface area contributed by atoms with Crippen LogP contribution in [0.5, 0.6) is 0 Å². The van der Waals surface area contributed by atoms with Crippen molar-refractivity contribution in [1.29, 1.82) is 0 Å². The maximum atomic E-state index is 12.1. The summed E-state index contributed by atoms with van der Waals surface area (Å²) in [5.41, 5.74) is 2.28. The summed E-state index contributed by atoms with van der Waals surface area (Å²) in [5, 5.41) is 8.87. The van der Waals surface area contributed by atoms with E-state index in [1.54, 1.807) is 0 Å². The van der Waals surface area contributed by atoms with Gasteiger partial charge in [0.2, 0.25) is 5.91 Å². The van der Waals surface area contributed by atoms with Crippen LogP contribution in [0.15, 0.2) is 24.3 Å². The molecule has 0 spiro atoms. The standard InChI is InChI=1S/C16H23NO3/c1-12(2)10-17(11-16(19)20)15(18)8-7-14-6-4-5-13(3)9-14/h4-6,9,12H,7-8,10-11H2,1-3H3,(H,19,20). The Balaban J connectivity index is 2.59. The Bertz CT molecular complexity index is 469. The highest BCUT2D eigenvalue weighted by Gasteiger charge is 2.17. The maximum absolute atomic E-state index is 12.1. The van der Waals surface area contributed by atoms with E-state index in [1.807, 2.05) is 39.0 Å². The summed E-state index contributed by atoms with van der Waals surface area (Å²) in [6.45, 7) is 6.23. The predicted octanol–water partition coefficient (Wildman–Crippen LogP) is 2.50. The van der Waals surface area contributed by atoms with Gasteiger partial charge in [-0.3, -0.25) is 9.59 Å². The molecular formula is C16H23NO3. The van der Waals surface area contributed by atoms with E-state index in [4.69, 9.17) is 5.11 Å². The molecule has 0 radical (unpaired) electrons. The van der Waals surface area contributed by atoms with E-state index in [0.29, 0.717) is 19.4 Å². The lowest BCUT2D eigenvalue weighted by Crippen LogP contribution is -2.38. The smallest absolute Gasteiger partial charge is 0.323 e. The highest BCUT2D eigenvalue weighted by Crippen LogP contribution is 2.09. The minimum Gasteiger partial charge on any atom is -0.480 e. The molecule has 1 rings (SSSR count). The lowest BCUT2D eigenvalue weighted by molar-refractivity contribution is -0.144. The number of carboxylic acid groups (broad SMARTS) is 1. The Morgan fingerprint density at radius 3 is 2.55 bits per heavy atom. The number of rotatable bonds is 7. The van der Waals surface area contributed by atoms with Crippen LogP contribution in [-0.2, 0) is 16.0 Å². The normalized spacial score (nSPS) is 10.6.